The summed E-state index contributed by atoms with van der Waals surface area (Å²) in [6.45, 7) is 6.86. The van der Waals surface area contributed by atoms with Crippen LogP contribution < -0.4 is 0 Å². The molecule has 0 atom stereocenters. The first-order valence-electron chi connectivity index (χ1n) is 7.22. The van der Waals surface area contributed by atoms with Gasteiger partial charge in [-0.25, -0.2) is 9.78 Å². The highest BCUT2D eigenvalue weighted by atomic mass is 35.5. The van der Waals surface area contributed by atoms with Crippen LogP contribution in [0.15, 0.2) is 18.2 Å². The van der Waals surface area contributed by atoms with E-state index in [0.29, 0.717) is 23.1 Å². The molecule has 0 bridgehead atoms. The van der Waals surface area contributed by atoms with Gasteiger partial charge in [-0.1, -0.05) is 23.2 Å². The summed E-state index contributed by atoms with van der Waals surface area (Å²) >= 11 is 12.1. The van der Waals surface area contributed by atoms with Crippen molar-refractivity contribution in [2.75, 3.05) is 0 Å². The summed E-state index contributed by atoms with van der Waals surface area (Å²) in [5, 5.41) is 10.2. The zero-order valence-electron chi connectivity index (χ0n) is 13.1. The van der Waals surface area contributed by atoms with Crippen LogP contribution in [0.4, 0.5) is 4.79 Å². The van der Waals surface area contributed by atoms with Gasteiger partial charge in [0.15, 0.2) is 0 Å². The first kappa shape index (κ1) is 16.1. The van der Waals surface area contributed by atoms with Crippen molar-refractivity contribution in [1.82, 2.24) is 14.5 Å². The third kappa shape index (κ3) is 2.79. The third-order valence-electron chi connectivity index (χ3n) is 3.86. The first-order valence-corrected chi connectivity index (χ1v) is 7.98. The molecular weight excluding hydrogens is 337 g/mol. The van der Waals surface area contributed by atoms with Crippen LogP contribution in [0.3, 0.4) is 0 Å². The predicted octanol–water partition coefficient (Wildman–Crippen LogP) is 4.61. The monoisotopic (exact) mass is 353 g/mol. The fraction of sp³-hybridized carbons (Fsp3) is 0.375. The Hall–Kier alpha value is -1.72. The average Bonchev–Trinajstić information content (AvgIpc) is 2.97. The Morgan fingerprint density at radius 1 is 1.22 bits per heavy atom. The number of aromatic nitrogens is 2. The Bertz CT molecular complexity index is 793. The van der Waals surface area contributed by atoms with Crippen molar-refractivity contribution < 1.29 is 9.90 Å². The van der Waals surface area contributed by atoms with Gasteiger partial charge in [0.1, 0.15) is 5.82 Å². The van der Waals surface area contributed by atoms with Crippen LogP contribution in [0.2, 0.25) is 10.0 Å². The number of nitrogens with zero attached hydrogens (tertiary/aromatic N) is 3. The number of hydrogen-bond acceptors (Lipinski definition) is 2. The standard InChI is InChI=1S/C16H17Cl2N3O2/c1-16(2,3)21-13-8-20(15(22)23)7-12(13)19-14(21)9-4-5-10(17)11(18)6-9/h4-6H,7-8H2,1-3H3,(H,22,23). The first-order chi connectivity index (χ1) is 10.7. The summed E-state index contributed by atoms with van der Waals surface area (Å²) in [4.78, 5) is 17.3. The van der Waals surface area contributed by atoms with Crippen molar-refractivity contribution in [2.45, 2.75) is 39.4 Å². The highest BCUT2D eigenvalue weighted by molar-refractivity contribution is 6.42. The number of fused-ring (bicyclic) bond motifs is 1. The minimum Gasteiger partial charge on any atom is -0.465 e. The van der Waals surface area contributed by atoms with Crippen molar-refractivity contribution in [2.24, 2.45) is 0 Å². The fourth-order valence-corrected chi connectivity index (χ4v) is 3.19. The molecule has 1 N–H and O–H groups in total. The van der Waals surface area contributed by atoms with Crippen molar-refractivity contribution in [3.8, 4) is 11.4 Å². The molecule has 23 heavy (non-hydrogen) atoms. The van der Waals surface area contributed by atoms with E-state index in [1.807, 2.05) is 6.07 Å². The summed E-state index contributed by atoms with van der Waals surface area (Å²) in [6, 6.07) is 5.41. The normalized spacial score (nSPS) is 14.2. The maximum absolute atomic E-state index is 11.2. The molecule has 2 heterocycles. The zero-order chi connectivity index (χ0) is 16.9. The van der Waals surface area contributed by atoms with E-state index in [1.54, 1.807) is 12.1 Å². The second-order valence-electron chi connectivity index (χ2n) is 6.60. The van der Waals surface area contributed by atoms with E-state index >= 15 is 0 Å². The SMILES string of the molecule is CC(C)(C)n1c(-c2ccc(Cl)c(Cl)c2)nc2c1CN(C(=O)O)C2. The van der Waals surface area contributed by atoms with Crippen molar-refractivity contribution in [3.05, 3.63) is 39.6 Å². The Morgan fingerprint density at radius 3 is 2.48 bits per heavy atom. The lowest BCUT2D eigenvalue weighted by atomic mass is 10.1. The molecular formula is C16H17Cl2N3O2. The summed E-state index contributed by atoms with van der Waals surface area (Å²) in [6.07, 6.45) is -0.931. The predicted molar refractivity (Wildman–Crippen MR) is 90.0 cm³/mol. The molecule has 1 amide bonds. The highest BCUT2D eigenvalue weighted by Crippen LogP contribution is 2.36. The van der Waals surface area contributed by atoms with Crippen LogP contribution in [0, 0.1) is 0 Å². The number of carbonyl (C=O) groups is 1. The Morgan fingerprint density at radius 2 is 1.91 bits per heavy atom. The van der Waals surface area contributed by atoms with Gasteiger partial charge in [0.2, 0.25) is 0 Å². The second kappa shape index (κ2) is 5.42. The number of hydrogen-bond donors (Lipinski definition) is 1. The van der Waals surface area contributed by atoms with E-state index in [1.165, 1.54) is 4.90 Å². The number of carboxylic acid groups (broad SMARTS) is 1. The van der Waals surface area contributed by atoms with Crippen molar-refractivity contribution in [1.29, 1.82) is 0 Å². The van der Waals surface area contributed by atoms with Gasteiger partial charge >= 0.3 is 6.09 Å². The van der Waals surface area contributed by atoms with Gasteiger partial charge in [-0.3, -0.25) is 4.90 Å². The minimum atomic E-state index is -0.931. The van der Waals surface area contributed by atoms with E-state index in [4.69, 9.17) is 23.2 Å². The lowest BCUT2D eigenvalue weighted by Gasteiger charge is -2.26. The number of rotatable bonds is 1. The topological polar surface area (TPSA) is 58.4 Å². The second-order valence-corrected chi connectivity index (χ2v) is 7.42. The number of amides is 1. The number of benzene rings is 1. The molecule has 0 radical (unpaired) electrons. The van der Waals surface area contributed by atoms with Crippen molar-refractivity contribution in [3.63, 3.8) is 0 Å². The van der Waals surface area contributed by atoms with Gasteiger partial charge in [-0.2, -0.15) is 0 Å². The van der Waals surface area contributed by atoms with Crippen molar-refractivity contribution >= 4 is 29.3 Å². The molecule has 2 aromatic rings. The molecule has 0 saturated heterocycles. The van der Waals surface area contributed by atoms with Gasteiger partial charge in [-0.05, 0) is 39.0 Å². The molecule has 0 saturated carbocycles. The summed E-state index contributed by atoms with van der Waals surface area (Å²) in [5.41, 5.74) is 2.35. The smallest absolute Gasteiger partial charge is 0.408 e. The molecule has 1 aliphatic heterocycles. The fourth-order valence-electron chi connectivity index (χ4n) is 2.89. The quantitative estimate of drug-likeness (QED) is 0.814. The van der Waals surface area contributed by atoms with E-state index in [2.05, 4.69) is 30.3 Å². The lowest BCUT2D eigenvalue weighted by Crippen LogP contribution is -2.28. The molecule has 1 aromatic heterocycles. The van der Waals surface area contributed by atoms with E-state index in [-0.39, 0.29) is 5.54 Å². The number of imidazole rings is 1. The molecule has 3 rings (SSSR count). The van der Waals surface area contributed by atoms with Crippen LogP contribution in [0.1, 0.15) is 32.2 Å². The maximum Gasteiger partial charge on any atom is 0.408 e. The van der Waals surface area contributed by atoms with E-state index < -0.39 is 6.09 Å². The van der Waals surface area contributed by atoms with Crippen LogP contribution in [0.5, 0.6) is 0 Å². The van der Waals surface area contributed by atoms with Gasteiger partial charge in [0.25, 0.3) is 0 Å². The molecule has 0 unspecified atom stereocenters. The molecule has 7 heteroatoms. The Balaban J connectivity index is 2.15. The molecule has 0 fully saturated rings. The van der Waals surface area contributed by atoms with Gasteiger partial charge in [-0.15, -0.1) is 0 Å². The van der Waals surface area contributed by atoms with Crippen LogP contribution in [-0.2, 0) is 18.6 Å². The third-order valence-corrected chi connectivity index (χ3v) is 4.60. The van der Waals surface area contributed by atoms with Crippen LogP contribution in [0.25, 0.3) is 11.4 Å². The summed E-state index contributed by atoms with van der Waals surface area (Å²) in [7, 11) is 0. The Labute approximate surface area is 144 Å². The molecule has 0 spiro atoms. The molecule has 1 aliphatic rings. The molecule has 5 nitrogen and oxygen atoms in total. The molecule has 1 aromatic carbocycles. The highest BCUT2D eigenvalue weighted by Gasteiger charge is 2.33. The minimum absolute atomic E-state index is 0.240. The molecule has 0 aliphatic carbocycles. The summed E-state index contributed by atoms with van der Waals surface area (Å²) in [5.74, 6) is 0.783. The van der Waals surface area contributed by atoms with Gasteiger partial charge in [0.05, 0.1) is 34.5 Å². The van der Waals surface area contributed by atoms with E-state index in [9.17, 15) is 9.90 Å². The Kier molecular flexibility index (Phi) is 3.81. The molecule has 122 valence electrons. The lowest BCUT2D eigenvalue weighted by molar-refractivity contribution is 0.143. The van der Waals surface area contributed by atoms with Gasteiger partial charge < -0.3 is 9.67 Å². The van der Waals surface area contributed by atoms with Crippen LogP contribution in [-0.4, -0.2) is 25.7 Å². The zero-order valence-corrected chi connectivity index (χ0v) is 14.6. The van der Waals surface area contributed by atoms with E-state index in [0.717, 1.165) is 22.8 Å². The van der Waals surface area contributed by atoms with Gasteiger partial charge in [0, 0.05) is 11.1 Å². The maximum atomic E-state index is 11.2. The summed E-state index contributed by atoms with van der Waals surface area (Å²) < 4.78 is 2.09. The largest absolute Gasteiger partial charge is 0.465 e. The average molecular weight is 354 g/mol. The number of halogens is 2. The van der Waals surface area contributed by atoms with Crippen LogP contribution >= 0.6 is 23.2 Å².